The molecule has 1 fully saturated rings. The van der Waals surface area contributed by atoms with Crippen LogP contribution in [-0.2, 0) is 14.8 Å². The van der Waals surface area contributed by atoms with E-state index >= 15 is 0 Å². The number of morpholine rings is 1. The van der Waals surface area contributed by atoms with E-state index in [1.54, 1.807) is 0 Å². The Bertz CT molecular complexity index is 334. The minimum Gasteiger partial charge on any atom is -0.361 e. The lowest BCUT2D eigenvalue weighted by atomic mass is 10.3. The van der Waals surface area contributed by atoms with Gasteiger partial charge in [-0.2, -0.15) is 9.57 Å². The standard InChI is InChI=1S/C9H16N2O3S/c1-2-3-6-15(12,13)11-4-5-14-9(7-10)8-11/h9H,2-6,8H2,1H3. The number of sulfonamides is 1. The molecule has 6 heteroatoms. The molecule has 1 saturated heterocycles. The summed E-state index contributed by atoms with van der Waals surface area (Å²) in [5.74, 6) is 0.168. The second kappa shape index (κ2) is 5.45. The lowest BCUT2D eigenvalue weighted by Gasteiger charge is -2.28. The van der Waals surface area contributed by atoms with Crippen molar-refractivity contribution in [3.8, 4) is 6.07 Å². The van der Waals surface area contributed by atoms with Gasteiger partial charge in [0.1, 0.15) is 0 Å². The van der Waals surface area contributed by atoms with Gasteiger partial charge in [-0.05, 0) is 6.42 Å². The number of nitriles is 1. The van der Waals surface area contributed by atoms with E-state index in [1.165, 1.54) is 4.31 Å². The highest BCUT2D eigenvalue weighted by atomic mass is 32.2. The summed E-state index contributed by atoms with van der Waals surface area (Å²) >= 11 is 0. The number of rotatable bonds is 4. The van der Waals surface area contributed by atoms with Crippen molar-refractivity contribution in [2.24, 2.45) is 0 Å². The van der Waals surface area contributed by atoms with Crippen molar-refractivity contribution in [3.05, 3.63) is 0 Å². The van der Waals surface area contributed by atoms with Crippen LogP contribution < -0.4 is 0 Å². The monoisotopic (exact) mass is 232 g/mol. The first-order valence-electron chi connectivity index (χ1n) is 5.09. The van der Waals surface area contributed by atoms with Gasteiger partial charge in [-0.15, -0.1) is 0 Å². The molecule has 86 valence electrons. The summed E-state index contributed by atoms with van der Waals surface area (Å²) in [4.78, 5) is 0. The van der Waals surface area contributed by atoms with Crippen molar-refractivity contribution in [2.75, 3.05) is 25.4 Å². The largest absolute Gasteiger partial charge is 0.361 e. The summed E-state index contributed by atoms with van der Waals surface area (Å²) < 4.78 is 30.0. The topological polar surface area (TPSA) is 70.4 Å². The minimum absolute atomic E-state index is 0.168. The Morgan fingerprint density at radius 1 is 1.60 bits per heavy atom. The normalized spacial score (nSPS) is 23.6. The first-order valence-corrected chi connectivity index (χ1v) is 6.70. The quantitative estimate of drug-likeness (QED) is 0.701. The van der Waals surface area contributed by atoms with E-state index in [0.717, 1.165) is 6.42 Å². The maximum Gasteiger partial charge on any atom is 0.214 e. The molecule has 0 aromatic rings. The van der Waals surface area contributed by atoms with E-state index < -0.39 is 16.1 Å². The van der Waals surface area contributed by atoms with E-state index in [2.05, 4.69) is 0 Å². The van der Waals surface area contributed by atoms with Gasteiger partial charge in [-0.1, -0.05) is 13.3 Å². The third kappa shape index (κ3) is 3.45. The summed E-state index contributed by atoms with van der Waals surface area (Å²) in [6, 6.07) is 1.93. The molecular formula is C9H16N2O3S. The van der Waals surface area contributed by atoms with Gasteiger partial charge in [0.25, 0.3) is 0 Å². The molecule has 1 unspecified atom stereocenters. The van der Waals surface area contributed by atoms with Crippen LogP contribution in [0.2, 0.25) is 0 Å². The van der Waals surface area contributed by atoms with Crippen LogP contribution in [0.4, 0.5) is 0 Å². The summed E-state index contributed by atoms with van der Waals surface area (Å²) in [7, 11) is -3.19. The van der Waals surface area contributed by atoms with Crippen molar-refractivity contribution < 1.29 is 13.2 Å². The molecule has 0 N–H and O–H groups in total. The summed E-state index contributed by atoms with van der Waals surface area (Å²) in [5.41, 5.74) is 0. The smallest absolute Gasteiger partial charge is 0.214 e. The minimum atomic E-state index is -3.19. The summed E-state index contributed by atoms with van der Waals surface area (Å²) in [5, 5.41) is 8.65. The van der Waals surface area contributed by atoms with Gasteiger partial charge in [-0.3, -0.25) is 0 Å². The van der Waals surface area contributed by atoms with Crippen LogP contribution in [0.5, 0.6) is 0 Å². The Morgan fingerprint density at radius 3 is 2.93 bits per heavy atom. The molecule has 1 aliphatic heterocycles. The number of hydrogen-bond donors (Lipinski definition) is 0. The predicted octanol–water partition coefficient (Wildman–Crippen LogP) is 0.341. The Hall–Kier alpha value is -0.640. The Kier molecular flexibility index (Phi) is 4.51. The van der Waals surface area contributed by atoms with E-state index in [-0.39, 0.29) is 12.3 Å². The van der Waals surface area contributed by atoms with Crippen molar-refractivity contribution in [1.29, 1.82) is 5.26 Å². The molecule has 0 aromatic carbocycles. The zero-order valence-corrected chi connectivity index (χ0v) is 9.66. The van der Waals surface area contributed by atoms with Crippen LogP contribution in [0.3, 0.4) is 0 Å². The zero-order chi connectivity index (χ0) is 11.3. The zero-order valence-electron chi connectivity index (χ0n) is 8.85. The molecule has 15 heavy (non-hydrogen) atoms. The molecular weight excluding hydrogens is 216 g/mol. The maximum atomic E-state index is 11.8. The average Bonchev–Trinajstić information content (AvgIpc) is 2.26. The number of hydrogen-bond acceptors (Lipinski definition) is 4. The number of nitrogens with zero attached hydrogens (tertiary/aromatic N) is 2. The first-order chi connectivity index (χ1) is 7.10. The van der Waals surface area contributed by atoms with E-state index in [0.29, 0.717) is 19.6 Å². The molecule has 5 nitrogen and oxygen atoms in total. The van der Waals surface area contributed by atoms with Gasteiger partial charge < -0.3 is 4.74 Å². The lowest BCUT2D eigenvalue weighted by Crippen LogP contribution is -2.45. The highest BCUT2D eigenvalue weighted by molar-refractivity contribution is 7.89. The molecule has 0 spiro atoms. The van der Waals surface area contributed by atoms with Crippen LogP contribution in [0.15, 0.2) is 0 Å². The van der Waals surface area contributed by atoms with Crippen LogP contribution in [0.25, 0.3) is 0 Å². The van der Waals surface area contributed by atoms with E-state index in [1.807, 2.05) is 13.0 Å². The van der Waals surface area contributed by atoms with Gasteiger partial charge in [-0.25, -0.2) is 8.42 Å². The molecule has 1 atom stereocenters. The summed E-state index contributed by atoms with van der Waals surface area (Å²) in [6.07, 6.45) is 0.900. The highest BCUT2D eigenvalue weighted by Crippen LogP contribution is 2.11. The van der Waals surface area contributed by atoms with Crippen LogP contribution in [-0.4, -0.2) is 44.3 Å². The molecule has 1 aliphatic rings. The highest BCUT2D eigenvalue weighted by Gasteiger charge is 2.28. The average molecular weight is 232 g/mol. The van der Waals surface area contributed by atoms with Gasteiger partial charge in [0.05, 0.1) is 25.0 Å². The van der Waals surface area contributed by atoms with Crippen molar-refractivity contribution in [3.63, 3.8) is 0 Å². The fourth-order valence-electron chi connectivity index (χ4n) is 1.41. The summed E-state index contributed by atoms with van der Waals surface area (Å²) in [6.45, 7) is 2.79. The van der Waals surface area contributed by atoms with Gasteiger partial charge in [0, 0.05) is 6.54 Å². The molecule has 1 rings (SSSR count). The van der Waals surface area contributed by atoms with Crippen molar-refractivity contribution in [2.45, 2.75) is 25.9 Å². The van der Waals surface area contributed by atoms with E-state index in [9.17, 15) is 8.42 Å². The molecule has 0 radical (unpaired) electrons. The second-order valence-corrected chi connectivity index (χ2v) is 5.60. The second-order valence-electron chi connectivity index (χ2n) is 3.52. The maximum absolute atomic E-state index is 11.8. The lowest BCUT2D eigenvalue weighted by molar-refractivity contribution is 0.0311. The Labute approximate surface area is 90.7 Å². The fraction of sp³-hybridized carbons (Fsp3) is 0.889. The van der Waals surface area contributed by atoms with Gasteiger partial charge >= 0.3 is 0 Å². The molecule has 0 aromatic heterocycles. The van der Waals surface area contributed by atoms with Crippen LogP contribution >= 0.6 is 0 Å². The van der Waals surface area contributed by atoms with Gasteiger partial charge in [0.15, 0.2) is 6.10 Å². The van der Waals surface area contributed by atoms with E-state index in [4.69, 9.17) is 10.00 Å². The van der Waals surface area contributed by atoms with Crippen LogP contribution in [0.1, 0.15) is 19.8 Å². The molecule has 0 amide bonds. The Balaban J connectivity index is 2.59. The number of ether oxygens (including phenoxy) is 1. The van der Waals surface area contributed by atoms with Crippen molar-refractivity contribution >= 4 is 10.0 Å². The molecule has 0 bridgehead atoms. The fourth-order valence-corrected chi connectivity index (χ4v) is 3.04. The molecule has 0 aliphatic carbocycles. The van der Waals surface area contributed by atoms with Crippen LogP contribution in [0, 0.1) is 11.3 Å². The number of unbranched alkanes of at least 4 members (excludes halogenated alkanes) is 1. The molecule has 0 saturated carbocycles. The third-order valence-electron chi connectivity index (χ3n) is 2.32. The Morgan fingerprint density at radius 2 is 2.33 bits per heavy atom. The van der Waals surface area contributed by atoms with Crippen molar-refractivity contribution in [1.82, 2.24) is 4.31 Å². The predicted molar refractivity (Wildman–Crippen MR) is 55.6 cm³/mol. The SMILES string of the molecule is CCCCS(=O)(=O)N1CCOC(C#N)C1. The van der Waals surface area contributed by atoms with Gasteiger partial charge in [0.2, 0.25) is 10.0 Å². The third-order valence-corrected chi connectivity index (χ3v) is 4.25. The molecule has 1 heterocycles. The first kappa shape index (κ1) is 12.4.